The minimum atomic E-state index is -0.0806. The van der Waals surface area contributed by atoms with E-state index < -0.39 is 0 Å². The Kier molecular flexibility index (Phi) is 7.72. The van der Waals surface area contributed by atoms with Gasteiger partial charge >= 0.3 is 0 Å². The van der Waals surface area contributed by atoms with Crippen molar-refractivity contribution >= 4 is 24.2 Å². The summed E-state index contributed by atoms with van der Waals surface area (Å²) in [7, 11) is 0. The Bertz CT molecular complexity index is 561. The number of carbonyl (C=O) groups excluding carboxylic acids is 2. The quantitative estimate of drug-likeness (QED) is 0.858. The Labute approximate surface area is 155 Å². The van der Waals surface area contributed by atoms with E-state index in [0.717, 1.165) is 39.0 Å². The topological polar surface area (TPSA) is 61.4 Å². The number of hydrogen-bond donors (Lipinski definition) is 2. The summed E-state index contributed by atoms with van der Waals surface area (Å²) in [6, 6.07) is 9.33. The molecule has 0 aliphatic carbocycles. The molecule has 0 aromatic heterocycles. The minimum Gasteiger partial charge on any atom is -0.355 e. The van der Waals surface area contributed by atoms with Crippen LogP contribution in [0.4, 0.5) is 0 Å². The molecule has 6 heteroatoms. The molecule has 3 rings (SSSR count). The van der Waals surface area contributed by atoms with Crippen molar-refractivity contribution in [3.63, 3.8) is 0 Å². The van der Waals surface area contributed by atoms with Gasteiger partial charge in [-0.05, 0) is 56.8 Å². The molecule has 2 atom stereocenters. The first-order valence-corrected chi connectivity index (χ1v) is 9.07. The molecule has 1 aromatic rings. The number of piperidine rings is 2. The molecule has 0 saturated carbocycles. The molecule has 5 nitrogen and oxygen atoms in total. The zero-order valence-corrected chi connectivity index (χ0v) is 15.4. The average molecular weight is 366 g/mol. The number of benzene rings is 1. The predicted molar refractivity (Wildman–Crippen MR) is 101 cm³/mol. The summed E-state index contributed by atoms with van der Waals surface area (Å²) in [6.07, 6.45) is 4.12. The van der Waals surface area contributed by atoms with Gasteiger partial charge in [0, 0.05) is 25.2 Å². The van der Waals surface area contributed by atoms with Gasteiger partial charge in [0.05, 0.1) is 5.92 Å². The highest BCUT2D eigenvalue weighted by atomic mass is 35.5. The highest BCUT2D eigenvalue weighted by molar-refractivity contribution is 5.94. The van der Waals surface area contributed by atoms with Crippen LogP contribution in [-0.2, 0) is 4.79 Å². The van der Waals surface area contributed by atoms with Crippen molar-refractivity contribution in [2.24, 2.45) is 11.8 Å². The number of likely N-dealkylation sites (tertiary alicyclic amines) is 1. The van der Waals surface area contributed by atoms with Crippen LogP contribution < -0.4 is 10.6 Å². The first kappa shape index (κ1) is 19.7. The van der Waals surface area contributed by atoms with Gasteiger partial charge in [-0.2, -0.15) is 0 Å². The molecule has 25 heavy (non-hydrogen) atoms. The predicted octanol–water partition coefficient (Wildman–Crippen LogP) is 2.08. The van der Waals surface area contributed by atoms with Gasteiger partial charge in [-0.3, -0.25) is 9.59 Å². The SMILES string of the molecule is Cl.O=C(NCC1CCCNC1)C1CCCN(C(=O)c2ccccc2)C1. The molecular weight excluding hydrogens is 338 g/mol. The summed E-state index contributed by atoms with van der Waals surface area (Å²) in [5.41, 5.74) is 0.701. The molecule has 2 heterocycles. The third-order valence-electron chi connectivity index (χ3n) is 5.06. The molecular formula is C19H28ClN3O2. The molecule has 2 N–H and O–H groups in total. The number of nitrogens with one attached hydrogen (secondary N) is 2. The molecule has 2 amide bonds. The third kappa shape index (κ3) is 5.44. The van der Waals surface area contributed by atoms with E-state index in [2.05, 4.69) is 10.6 Å². The van der Waals surface area contributed by atoms with Crippen molar-refractivity contribution in [3.8, 4) is 0 Å². The Morgan fingerprint density at radius 1 is 1.16 bits per heavy atom. The van der Waals surface area contributed by atoms with Crippen LogP contribution >= 0.6 is 12.4 Å². The lowest BCUT2D eigenvalue weighted by atomic mass is 9.95. The lowest BCUT2D eigenvalue weighted by molar-refractivity contribution is -0.126. The fourth-order valence-corrected chi connectivity index (χ4v) is 3.63. The Balaban J connectivity index is 0.00000225. The lowest BCUT2D eigenvalue weighted by Gasteiger charge is -2.32. The maximum atomic E-state index is 12.6. The number of carbonyl (C=O) groups is 2. The number of halogens is 1. The molecule has 2 unspecified atom stereocenters. The number of amides is 2. The second kappa shape index (κ2) is 9.78. The van der Waals surface area contributed by atoms with E-state index in [1.165, 1.54) is 12.8 Å². The third-order valence-corrected chi connectivity index (χ3v) is 5.06. The first-order valence-electron chi connectivity index (χ1n) is 9.07. The minimum absolute atomic E-state index is 0. The molecule has 0 radical (unpaired) electrons. The molecule has 1 aromatic carbocycles. The molecule has 0 bridgehead atoms. The van der Waals surface area contributed by atoms with E-state index in [9.17, 15) is 9.59 Å². The first-order chi connectivity index (χ1) is 11.7. The summed E-state index contributed by atoms with van der Waals surface area (Å²) in [5, 5.41) is 6.48. The van der Waals surface area contributed by atoms with Gasteiger partial charge in [0.25, 0.3) is 5.91 Å². The largest absolute Gasteiger partial charge is 0.355 e. The van der Waals surface area contributed by atoms with Crippen LogP contribution in [0.1, 0.15) is 36.0 Å². The summed E-state index contributed by atoms with van der Waals surface area (Å²) < 4.78 is 0. The van der Waals surface area contributed by atoms with Gasteiger partial charge < -0.3 is 15.5 Å². The highest BCUT2D eigenvalue weighted by Crippen LogP contribution is 2.19. The van der Waals surface area contributed by atoms with Crippen molar-refractivity contribution in [1.82, 2.24) is 15.5 Å². The Morgan fingerprint density at radius 2 is 1.96 bits per heavy atom. The lowest BCUT2D eigenvalue weighted by Crippen LogP contribution is -2.47. The number of rotatable bonds is 4. The van der Waals surface area contributed by atoms with Gasteiger partial charge in [-0.15, -0.1) is 12.4 Å². The molecule has 2 saturated heterocycles. The van der Waals surface area contributed by atoms with Gasteiger partial charge in [0.2, 0.25) is 5.91 Å². The van der Waals surface area contributed by atoms with Crippen molar-refractivity contribution < 1.29 is 9.59 Å². The van der Waals surface area contributed by atoms with E-state index in [-0.39, 0.29) is 30.1 Å². The monoisotopic (exact) mass is 365 g/mol. The van der Waals surface area contributed by atoms with Gasteiger partial charge in [-0.1, -0.05) is 18.2 Å². The smallest absolute Gasteiger partial charge is 0.253 e. The van der Waals surface area contributed by atoms with E-state index in [1.54, 1.807) is 0 Å². The molecule has 0 spiro atoms. The van der Waals surface area contributed by atoms with Crippen molar-refractivity contribution in [2.75, 3.05) is 32.7 Å². The van der Waals surface area contributed by atoms with Gasteiger partial charge in [0.1, 0.15) is 0 Å². The summed E-state index contributed by atoms with van der Waals surface area (Å²) >= 11 is 0. The molecule has 2 aliphatic rings. The highest BCUT2D eigenvalue weighted by Gasteiger charge is 2.29. The van der Waals surface area contributed by atoms with Crippen LogP contribution in [0.15, 0.2) is 30.3 Å². The fourth-order valence-electron chi connectivity index (χ4n) is 3.63. The van der Waals surface area contributed by atoms with E-state index >= 15 is 0 Å². The normalized spacial score (nSPS) is 23.4. The number of nitrogens with zero attached hydrogens (tertiary/aromatic N) is 1. The summed E-state index contributed by atoms with van der Waals surface area (Å²) in [5.74, 6) is 0.590. The van der Waals surface area contributed by atoms with Crippen molar-refractivity contribution in [3.05, 3.63) is 35.9 Å². The second-order valence-corrected chi connectivity index (χ2v) is 6.91. The van der Waals surface area contributed by atoms with Crippen LogP contribution in [0.5, 0.6) is 0 Å². The van der Waals surface area contributed by atoms with E-state index in [0.29, 0.717) is 18.0 Å². The maximum Gasteiger partial charge on any atom is 0.253 e. The zero-order valence-electron chi connectivity index (χ0n) is 14.6. The Hall–Kier alpha value is -1.59. The van der Waals surface area contributed by atoms with Crippen molar-refractivity contribution in [1.29, 1.82) is 0 Å². The van der Waals surface area contributed by atoms with Crippen LogP contribution in [-0.4, -0.2) is 49.4 Å². The molecule has 2 aliphatic heterocycles. The second-order valence-electron chi connectivity index (χ2n) is 6.91. The van der Waals surface area contributed by atoms with Crippen LogP contribution in [0.25, 0.3) is 0 Å². The molecule has 138 valence electrons. The Morgan fingerprint density at radius 3 is 2.68 bits per heavy atom. The zero-order chi connectivity index (χ0) is 16.8. The number of hydrogen-bond acceptors (Lipinski definition) is 3. The van der Waals surface area contributed by atoms with Crippen molar-refractivity contribution in [2.45, 2.75) is 25.7 Å². The van der Waals surface area contributed by atoms with Crippen LogP contribution in [0.3, 0.4) is 0 Å². The molecule has 2 fully saturated rings. The summed E-state index contributed by atoms with van der Waals surface area (Å²) in [4.78, 5) is 26.9. The maximum absolute atomic E-state index is 12.6. The summed E-state index contributed by atoms with van der Waals surface area (Å²) in [6.45, 7) is 4.09. The standard InChI is InChI=1S/C19H27N3O2.ClH/c23-18(21-13-15-6-4-10-20-12-15)17-9-5-11-22(14-17)19(24)16-7-2-1-3-8-16;/h1-3,7-8,15,17,20H,4-6,9-14H2,(H,21,23);1H. The van der Waals surface area contributed by atoms with E-state index in [1.807, 2.05) is 35.2 Å². The van der Waals surface area contributed by atoms with Gasteiger partial charge in [0.15, 0.2) is 0 Å². The van der Waals surface area contributed by atoms with Gasteiger partial charge in [-0.25, -0.2) is 0 Å². The average Bonchev–Trinajstić information content (AvgIpc) is 2.67. The van der Waals surface area contributed by atoms with E-state index in [4.69, 9.17) is 0 Å². The fraction of sp³-hybridized carbons (Fsp3) is 0.579. The van der Waals surface area contributed by atoms with Crippen LogP contribution in [0, 0.1) is 11.8 Å². The van der Waals surface area contributed by atoms with Crippen LogP contribution in [0.2, 0.25) is 0 Å².